The van der Waals surface area contributed by atoms with Crippen molar-refractivity contribution in [2.75, 3.05) is 13.1 Å². The number of carbonyl (C=O) groups excluding carboxylic acids is 2. The number of nitrogens with one attached hydrogen (secondary N) is 1. The first-order valence-electron chi connectivity index (χ1n) is 8.08. The minimum absolute atomic E-state index is 0.109. The monoisotopic (exact) mass is 323 g/mol. The molecule has 2 aromatic rings. The van der Waals surface area contributed by atoms with Gasteiger partial charge in [-0.05, 0) is 35.3 Å². The highest BCUT2D eigenvalue weighted by atomic mass is 16.2. The molecule has 0 aliphatic carbocycles. The zero-order valence-corrected chi connectivity index (χ0v) is 13.7. The summed E-state index contributed by atoms with van der Waals surface area (Å²) in [7, 11) is 0. The van der Waals surface area contributed by atoms with Gasteiger partial charge in [0.2, 0.25) is 5.91 Å². The lowest BCUT2D eigenvalue weighted by Crippen LogP contribution is -2.49. The van der Waals surface area contributed by atoms with Crippen molar-refractivity contribution in [3.8, 4) is 0 Å². The third kappa shape index (κ3) is 3.25. The predicted molar refractivity (Wildman–Crippen MR) is 95.3 cm³/mol. The lowest BCUT2D eigenvalue weighted by molar-refractivity contribution is -0.132. The number of urea groups is 1. The number of primary amides is 1. The van der Waals surface area contributed by atoms with Crippen LogP contribution in [0.4, 0.5) is 4.79 Å². The number of hydrogen-bond donors (Lipinski definition) is 2. The van der Waals surface area contributed by atoms with Crippen molar-refractivity contribution < 1.29 is 9.59 Å². The SMILES string of the molecule is C[C@H](NC(N)=O)C(=O)N1CC=C(c2cccc3ccccc23)CC1. The molecule has 1 aliphatic heterocycles. The van der Waals surface area contributed by atoms with Gasteiger partial charge in [0.25, 0.3) is 0 Å². The summed E-state index contributed by atoms with van der Waals surface area (Å²) in [5, 5.41) is 4.88. The Hall–Kier alpha value is -2.82. The van der Waals surface area contributed by atoms with Gasteiger partial charge in [-0.25, -0.2) is 4.79 Å². The van der Waals surface area contributed by atoms with E-state index in [-0.39, 0.29) is 5.91 Å². The summed E-state index contributed by atoms with van der Waals surface area (Å²) < 4.78 is 0. The van der Waals surface area contributed by atoms with Crippen LogP contribution in [0.15, 0.2) is 48.5 Å². The number of rotatable bonds is 3. The van der Waals surface area contributed by atoms with Crippen LogP contribution in [0, 0.1) is 0 Å². The first-order valence-corrected chi connectivity index (χ1v) is 8.08. The molecule has 0 saturated carbocycles. The highest BCUT2D eigenvalue weighted by Gasteiger charge is 2.23. The molecule has 1 aliphatic rings. The second kappa shape index (κ2) is 6.74. The van der Waals surface area contributed by atoms with E-state index in [1.807, 2.05) is 12.1 Å². The van der Waals surface area contributed by atoms with Crippen LogP contribution in [0.5, 0.6) is 0 Å². The highest BCUT2D eigenvalue weighted by molar-refractivity contribution is 5.94. The minimum Gasteiger partial charge on any atom is -0.352 e. The zero-order chi connectivity index (χ0) is 17.1. The molecule has 3 amide bonds. The molecule has 0 radical (unpaired) electrons. The molecule has 24 heavy (non-hydrogen) atoms. The van der Waals surface area contributed by atoms with E-state index >= 15 is 0 Å². The molecule has 0 aromatic heterocycles. The Labute approximate surface area is 141 Å². The predicted octanol–water partition coefficient (Wildman–Crippen LogP) is 2.51. The Morgan fingerprint density at radius 1 is 1.17 bits per heavy atom. The summed E-state index contributed by atoms with van der Waals surface area (Å²) in [4.78, 5) is 24.9. The topological polar surface area (TPSA) is 75.4 Å². The Balaban J connectivity index is 1.78. The van der Waals surface area contributed by atoms with Crippen molar-refractivity contribution in [2.45, 2.75) is 19.4 Å². The van der Waals surface area contributed by atoms with E-state index in [0.717, 1.165) is 6.42 Å². The Morgan fingerprint density at radius 3 is 2.62 bits per heavy atom. The first-order chi connectivity index (χ1) is 11.6. The molecular formula is C19H21N3O2. The van der Waals surface area contributed by atoms with E-state index in [0.29, 0.717) is 13.1 Å². The van der Waals surface area contributed by atoms with Crippen LogP contribution >= 0.6 is 0 Å². The molecule has 1 atom stereocenters. The van der Waals surface area contributed by atoms with E-state index in [1.54, 1.807) is 11.8 Å². The maximum Gasteiger partial charge on any atom is 0.312 e. The van der Waals surface area contributed by atoms with Gasteiger partial charge in [0.15, 0.2) is 0 Å². The molecule has 5 nitrogen and oxygen atoms in total. The van der Waals surface area contributed by atoms with Crippen LogP contribution in [-0.2, 0) is 4.79 Å². The molecule has 3 N–H and O–H groups in total. The summed E-state index contributed by atoms with van der Waals surface area (Å²) in [5.74, 6) is -0.109. The Morgan fingerprint density at radius 2 is 1.92 bits per heavy atom. The lowest BCUT2D eigenvalue weighted by atomic mass is 9.94. The van der Waals surface area contributed by atoms with Gasteiger partial charge in [0.05, 0.1) is 0 Å². The van der Waals surface area contributed by atoms with E-state index in [9.17, 15) is 9.59 Å². The summed E-state index contributed by atoms with van der Waals surface area (Å²) in [6, 6.07) is 13.3. The van der Waals surface area contributed by atoms with E-state index in [4.69, 9.17) is 5.73 Å². The molecule has 1 heterocycles. The van der Waals surface area contributed by atoms with Crippen LogP contribution in [0.2, 0.25) is 0 Å². The fourth-order valence-electron chi connectivity index (χ4n) is 3.17. The van der Waals surface area contributed by atoms with E-state index in [2.05, 4.69) is 41.7 Å². The fourth-order valence-corrected chi connectivity index (χ4v) is 3.17. The van der Waals surface area contributed by atoms with Gasteiger partial charge in [0, 0.05) is 13.1 Å². The Kier molecular flexibility index (Phi) is 4.51. The molecule has 0 saturated heterocycles. The zero-order valence-electron chi connectivity index (χ0n) is 13.7. The molecule has 0 unspecified atom stereocenters. The van der Waals surface area contributed by atoms with Gasteiger partial charge in [0.1, 0.15) is 6.04 Å². The summed E-state index contributed by atoms with van der Waals surface area (Å²) in [6.45, 7) is 2.83. The number of fused-ring (bicyclic) bond motifs is 1. The number of amides is 3. The van der Waals surface area contributed by atoms with Gasteiger partial charge < -0.3 is 16.0 Å². The quantitative estimate of drug-likeness (QED) is 0.910. The second-order valence-corrected chi connectivity index (χ2v) is 6.02. The van der Waals surface area contributed by atoms with Crippen molar-refractivity contribution in [3.05, 3.63) is 54.1 Å². The third-order valence-corrected chi connectivity index (χ3v) is 4.39. The molecule has 2 aromatic carbocycles. The highest BCUT2D eigenvalue weighted by Crippen LogP contribution is 2.29. The van der Waals surface area contributed by atoms with Gasteiger partial charge in [-0.2, -0.15) is 0 Å². The number of benzene rings is 2. The number of nitrogens with zero attached hydrogens (tertiary/aromatic N) is 1. The van der Waals surface area contributed by atoms with Gasteiger partial charge >= 0.3 is 6.03 Å². The molecule has 124 valence electrons. The van der Waals surface area contributed by atoms with Crippen molar-refractivity contribution in [1.29, 1.82) is 0 Å². The maximum absolute atomic E-state index is 12.3. The summed E-state index contributed by atoms with van der Waals surface area (Å²) in [6.07, 6.45) is 2.89. The third-order valence-electron chi connectivity index (χ3n) is 4.39. The number of nitrogens with two attached hydrogens (primary N) is 1. The van der Waals surface area contributed by atoms with Crippen LogP contribution in [0.25, 0.3) is 16.3 Å². The normalized spacial score (nSPS) is 15.7. The van der Waals surface area contributed by atoms with Crippen molar-refractivity contribution >= 4 is 28.3 Å². The smallest absolute Gasteiger partial charge is 0.312 e. The molecule has 0 bridgehead atoms. The first kappa shape index (κ1) is 16.1. The largest absolute Gasteiger partial charge is 0.352 e. The number of hydrogen-bond acceptors (Lipinski definition) is 2. The van der Waals surface area contributed by atoms with Crippen molar-refractivity contribution in [3.63, 3.8) is 0 Å². The molecule has 0 spiro atoms. The van der Waals surface area contributed by atoms with Crippen molar-refractivity contribution in [2.24, 2.45) is 5.73 Å². The van der Waals surface area contributed by atoms with E-state index in [1.165, 1.54) is 21.9 Å². The average molecular weight is 323 g/mol. The minimum atomic E-state index is -0.681. The lowest BCUT2D eigenvalue weighted by Gasteiger charge is -2.29. The van der Waals surface area contributed by atoms with Crippen LogP contribution in [0.3, 0.4) is 0 Å². The molecule has 0 fully saturated rings. The average Bonchev–Trinajstić information content (AvgIpc) is 2.60. The standard InChI is InChI=1S/C19H21N3O2/c1-13(21-19(20)24)18(23)22-11-9-15(10-12-22)17-8-4-6-14-5-2-3-7-16(14)17/h2-9,13H,10-12H2,1H3,(H3,20,21,24)/t13-/m0/s1. The van der Waals surface area contributed by atoms with Crippen LogP contribution < -0.4 is 11.1 Å². The Bertz CT molecular complexity index is 808. The second-order valence-electron chi connectivity index (χ2n) is 6.02. The maximum atomic E-state index is 12.3. The fraction of sp³-hybridized carbons (Fsp3) is 0.263. The molecular weight excluding hydrogens is 302 g/mol. The van der Waals surface area contributed by atoms with Gasteiger partial charge in [-0.3, -0.25) is 4.79 Å². The molecule has 5 heteroatoms. The van der Waals surface area contributed by atoms with E-state index < -0.39 is 12.1 Å². The summed E-state index contributed by atoms with van der Waals surface area (Å²) in [5.41, 5.74) is 7.56. The van der Waals surface area contributed by atoms with Crippen LogP contribution in [0.1, 0.15) is 18.9 Å². The number of carbonyl (C=O) groups is 2. The van der Waals surface area contributed by atoms with Gasteiger partial charge in [-0.15, -0.1) is 0 Å². The van der Waals surface area contributed by atoms with Gasteiger partial charge in [-0.1, -0.05) is 48.5 Å². The molecule has 3 rings (SSSR count). The van der Waals surface area contributed by atoms with Crippen LogP contribution in [-0.4, -0.2) is 36.0 Å². The van der Waals surface area contributed by atoms with Crippen molar-refractivity contribution in [1.82, 2.24) is 10.2 Å². The summed E-state index contributed by atoms with van der Waals surface area (Å²) >= 11 is 0.